The number of carbonyl (C=O) groups excluding carboxylic acids is 2. The number of pyridine rings is 1. The molecule has 2 N–H and O–H groups in total. The molecule has 0 radical (unpaired) electrons. The van der Waals surface area contributed by atoms with Gasteiger partial charge in [-0.3, -0.25) is 19.4 Å². The van der Waals surface area contributed by atoms with Gasteiger partial charge in [0.25, 0.3) is 11.8 Å². The van der Waals surface area contributed by atoms with Gasteiger partial charge in [-0.25, -0.2) is 0 Å². The zero-order valence-electron chi connectivity index (χ0n) is 24.0. The minimum absolute atomic E-state index is 0.0593. The minimum Gasteiger partial charge on any atom is -0.481 e. The van der Waals surface area contributed by atoms with E-state index in [1.165, 1.54) is 11.1 Å². The van der Waals surface area contributed by atoms with Crippen LogP contribution >= 0.6 is 0 Å². The van der Waals surface area contributed by atoms with Crippen LogP contribution < -0.4 is 10.2 Å². The fourth-order valence-electron chi connectivity index (χ4n) is 4.55. The minimum atomic E-state index is -0.980. The molecule has 2 amide bonds. The number of aliphatic carboxylic acids is 1. The van der Waals surface area contributed by atoms with Crippen molar-refractivity contribution in [2.24, 2.45) is 0 Å². The van der Waals surface area contributed by atoms with Gasteiger partial charge in [0, 0.05) is 45.1 Å². The highest BCUT2D eigenvalue weighted by atomic mass is 16.5. The van der Waals surface area contributed by atoms with Gasteiger partial charge >= 0.3 is 5.97 Å². The van der Waals surface area contributed by atoms with E-state index >= 15 is 0 Å². The second-order valence-electron chi connectivity index (χ2n) is 10.1. The second kappa shape index (κ2) is 14.1. The third kappa shape index (κ3) is 7.81. The average Bonchev–Trinajstić information content (AvgIpc) is 3.44. The number of aryl methyl sites for hydroxylation is 1. The van der Waals surface area contributed by atoms with E-state index in [1.54, 1.807) is 31.3 Å². The fraction of sp³-hybridized carbons (Fsp3) is 0.281. The second-order valence-corrected chi connectivity index (χ2v) is 10.1. The van der Waals surface area contributed by atoms with E-state index in [0.29, 0.717) is 17.0 Å². The molecule has 0 fully saturated rings. The monoisotopic (exact) mass is 569 g/mol. The predicted molar refractivity (Wildman–Crippen MR) is 160 cm³/mol. The Morgan fingerprint density at radius 1 is 1.00 bits per heavy atom. The third-order valence-electron chi connectivity index (χ3n) is 6.79. The number of rotatable bonds is 13. The number of carboxylic acids is 1. The summed E-state index contributed by atoms with van der Waals surface area (Å²) in [6.07, 6.45) is 4.93. The average molecular weight is 570 g/mol. The number of aromatic nitrogens is 2. The molecule has 2 aromatic heterocycles. The lowest BCUT2D eigenvalue weighted by molar-refractivity contribution is -0.137. The SMILES string of the molecule is CCCCN(C)c1ccc(-c2cccc(CN(CCC(=O)O)C(=O)c3cccnc3)c2)cc1NC(=O)c1cc(C)on1. The molecule has 4 rings (SSSR count). The Bertz CT molecular complexity index is 1540. The van der Waals surface area contributed by atoms with Gasteiger partial charge in [-0.2, -0.15) is 0 Å². The van der Waals surface area contributed by atoms with E-state index < -0.39 is 5.97 Å². The Morgan fingerprint density at radius 3 is 2.50 bits per heavy atom. The highest BCUT2D eigenvalue weighted by molar-refractivity contribution is 6.05. The summed E-state index contributed by atoms with van der Waals surface area (Å²) in [5.74, 6) is -1.09. The zero-order valence-corrected chi connectivity index (χ0v) is 24.0. The van der Waals surface area contributed by atoms with Crippen molar-refractivity contribution in [1.29, 1.82) is 0 Å². The molecule has 0 aliphatic carbocycles. The first-order valence-electron chi connectivity index (χ1n) is 13.9. The predicted octanol–water partition coefficient (Wildman–Crippen LogP) is 5.65. The number of benzene rings is 2. The van der Waals surface area contributed by atoms with Crippen molar-refractivity contribution in [3.63, 3.8) is 0 Å². The normalized spacial score (nSPS) is 10.7. The Labute approximate surface area is 245 Å². The highest BCUT2D eigenvalue weighted by Gasteiger charge is 2.19. The molecular weight excluding hydrogens is 534 g/mol. The molecule has 42 heavy (non-hydrogen) atoms. The number of carbonyl (C=O) groups is 3. The van der Waals surface area contributed by atoms with Crippen molar-refractivity contribution in [3.05, 3.63) is 95.6 Å². The molecule has 2 aromatic carbocycles. The fourth-order valence-corrected chi connectivity index (χ4v) is 4.55. The summed E-state index contributed by atoms with van der Waals surface area (Å²) < 4.78 is 5.08. The quantitative estimate of drug-likeness (QED) is 0.211. The molecule has 0 aliphatic heterocycles. The lowest BCUT2D eigenvalue weighted by atomic mass is 10.0. The van der Waals surface area contributed by atoms with Crippen LogP contribution in [0.3, 0.4) is 0 Å². The van der Waals surface area contributed by atoms with Gasteiger partial charge in [-0.05, 0) is 60.4 Å². The van der Waals surface area contributed by atoms with Gasteiger partial charge < -0.3 is 24.7 Å². The maximum Gasteiger partial charge on any atom is 0.305 e. The van der Waals surface area contributed by atoms with Crippen molar-refractivity contribution in [2.45, 2.75) is 39.7 Å². The van der Waals surface area contributed by atoms with Crippen molar-refractivity contribution < 1.29 is 24.0 Å². The van der Waals surface area contributed by atoms with Crippen LogP contribution in [0, 0.1) is 6.92 Å². The maximum atomic E-state index is 13.2. The Balaban J connectivity index is 1.63. The van der Waals surface area contributed by atoms with E-state index in [1.807, 2.05) is 49.5 Å². The van der Waals surface area contributed by atoms with Crippen LogP contribution in [0.2, 0.25) is 0 Å². The molecule has 0 saturated heterocycles. The van der Waals surface area contributed by atoms with Gasteiger partial charge in [0.05, 0.1) is 23.4 Å². The number of unbranched alkanes of at least 4 members (excludes halogenated alkanes) is 1. The van der Waals surface area contributed by atoms with Gasteiger partial charge in [0.1, 0.15) is 5.76 Å². The molecule has 4 aromatic rings. The summed E-state index contributed by atoms with van der Waals surface area (Å²) in [6.45, 7) is 4.97. The molecule has 10 heteroatoms. The molecule has 0 saturated carbocycles. The molecule has 2 heterocycles. The lowest BCUT2D eigenvalue weighted by Crippen LogP contribution is -2.32. The third-order valence-corrected chi connectivity index (χ3v) is 6.79. The van der Waals surface area contributed by atoms with E-state index in [0.717, 1.165) is 41.8 Å². The summed E-state index contributed by atoms with van der Waals surface area (Å²) in [6, 6.07) is 18.5. The number of hydrogen-bond donors (Lipinski definition) is 2. The first kappa shape index (κ1) is 30.0. The van der Waals surface area contributed by atoms with E-state index in [-0.39, 0.29) is 37.0 Å². The highest BCUT2D eigenvalue weighted by Crippen LogP contribution is 2.32. The summed E-state index contributed by atoms with van der Waals surface area (Å²) in [5.41, 5.74) is 4.69. The Hall–Kier alpha value is -4.99. The molecule has 0 aliphatic rings. The zero-order chi connectivity index (χ0) is 30.1. The Morgan fingerprint density at radius 2 is 1.81 bits per heavy atom. The summed E-state index contributed by atoms with van der Waals surface area (Å²) in [4.78, 5) is 45.1. The van der Waals surface area contributed by atoms with Gasteiger partial charge in [-0.1, -0.05) is 42.8 Å². The van der Waals surface area contributed by atoms with Crippen LogP contribution in [-0.2, 0) is 11.3 Å². The molecule has 0 spiro atoms. The van der Waals surface area contributed by atoms with Crippen molar-refractivity contribution >= 4 is 29.2 Å². The van der Waals surface area contributed by atoms with Crippen molar-refractivity contribution in [3.8, 4) is 11.1 Å². The van der Waals surface area contributed by atoms with Crippen LogP contribution in [0.25, 0.3) is 11.1 Å². The number of amides is 2. The first-order valence-corrected chi connectivity index (χ1v) is 13.9. The number of nitrogens with zero attached hydrogens (tertiary/aromatic N) is 4. The summed E-state index contributed by atoms with van der Waals surface area (Å²) in [7, 11) is 1.99. The molecule has 218 valence electrons. The van der Waals surface area contributed by atoms with Crippen LogP contribution in [0.15, 0.2) is 77.6 Å². The standard InChI is InChI=1S/C32H35N5O5/c1-4-5-15-36(3)29-12-11-25(19-27(29)34-31(40)28-17-22(2)42-35-28)24-9-6-8-23(18-24)21-37(16-13-30(38)39)32(41)26-10-7-14-33-20-26/h6-12,14,17-20H,4-5,13,15-16,21H2,1-3H3,(H,34,40)(H,38,39). The number of anilines is 2. The number of nitrogens with one attached hydrogen (secondary N) is 1. The lowest BCUT2D eigenvalue weighted by Gasteiger charge is -2.24. The van der Waals surface area contributed by atoms with Gasteiger partial charge in [0.2, 0.25) is 0 Å². The van der Waals surface area contributed by atoms with Gasteiger partial charge in [0.15, 0.2) is 5.69 Å². The van der Waals surface area contributed by atoms with Crippen LogP contribution in [-0.4, -0.2) is 58.1 Å². The first-order chi connectivity index (χ1) is 20.2. The topological polar surface area (TPSA) is 129 Å². The number of carboxylic acid groups (broad SMARTS) is 1. The molecule has 0 atom stereocenters. The molecule has 10 nitrogen and oxygen atoms in total. The summed E-state index contributed by atoms with van der Waals surface area (Å²) in [5, 5.41) is 16.1. The molecule has 0 unspecified atom stereocenters. The Kier molecular flexibility index (Phi) is 10.0. The van der Waals surface area contributed by atoms with E-state index in [9.17, 15) is 19.5 Å². The summed E-state index contributed by atoms with van der Waals surface area (Å²) >= 11 is 0. The molecular formula is C32H35N5O5. The largest absolute Gasteiger partial charge is 0.481 e. The molecule has 0 bridgehead atoms. The van der Waals surface area contributed by atoms with Crippen molar-refractivity contribution in [1.82, 2.24) is 15.0 Å². The van der Waals surface area contributed by atoms with Crippen LogP contribution in [0.1, 0.15) is 58.4 Å². The van der Waals surface area contributed by atoms with Crippen LogP contribution in [0.4, 0.5) is 11.4 Å². The van der Waals surface area contributed by atoms with E-state index in [4.69, 9.17) is 4.52 Å². The maximum absolute atomic E-state index is 13.2. The van der Waals surface area contributed by atoms with E-state index in [2.05, 4.69) is 27.3 Å². The van der Waals surface area contributed by atoms with Crippen molar-refractivity contribution in [2.75, 3.05) is 30.4 Å². The van der Waals surface area contributed by atoms with Crippen LogP contribution in [0.5, 0.6) is 0 Å². The number of hydrogen-bond acceptors (Lipinski definition) is 7. The van der Waals surface area contributed by atoms with Gasteiger partial charge in [-0.15, -0.1) is 0 Å². The smallest absolute Gasteiger partial charge is 0.305 e.